The predicted molar refractivity (Wildman–Crippen MR) is 102 cm³/mol. The SMILES string of the molecule is O=S(=O)(c1ccccc1Cl)N1CCC[C@H]1c1nc(-c2ccc(Cl)cc2)no1. The van der Waals surface area contributed by atoms with Crippen LogP contribution in [0, 0.1) is 0 Å². The Kier molecular flexibility index (Phi) is 4.94. The number of rotatable bonds is 4. The van der Waals surface area contributed by atoms with E-state index in [9.17, 15) is 8.42 Å². The molecule has 1 aliphatic rings. The van der Waals surface area contributed by atoms with Gasteiger partial charge in [0, 0.05) is 17.1 Å². The molecule has 6 nitrogen and oxygen atoms in total. The van der Waals surface area contributed by atoms with Crippen LogP contribution in [-0.2, 0) is 10.0 Å². The molecule has 3 aromatic rings. The Bertz CT molecular complexity index is 1070. The monoisotopic (exact) mass is 423 g/mol. The minimum Gasteiger partial charge on any atom is -0.337 e. The van der Waals surface area contributed by atoms with Gasteiger partial charge in [-0.25, -0.2) is 8.42 Å². The molecule has 1 saturated heterocycles. The summed E-state index contributed by atoms with van der Waals surface area (Å²) in [5, 5.41) is 4.79. The first-order valence-electron chi connectivity index (χ1n) is 8.33. The fourth-order valence-electron chi connectivity index (χ4n) is 3.14. The van der Waals surface area contributed by atoms with E-state index in [0.29, 0.717) is 30.2 Å². The van der Waals surface area contributed by atoms with E-state index < -0.39 is 16.1 Å². The van der Waals surface area contributed by atoms with Gasteiger partial charge < -0.3 is 4.52 Å². The van der Waals surface area contributed by atoms with Gasteiger partial charge in [0.05, 0.1) is 5.02 Å². The largest absolute Gasteiger partial charge is 0.337 e. The lowest BCUT2D eigenvalue weighted by Crippen LogP contribution is -2.31. The number of nitrogens with zero attached hydrogens (tertiary/aromatic N) is 3. The predicted octanol–water partition coefficient (Wildman–Crippen LogP) is 4.57. The molecule has 0 unspecified atom stereocenters. The fraction of sp³-hybridized carbons (Fsp3) is 0.222. The first-order valence-corrected chi connectivity index (χ1v) is 10.5. The van der Waals surface area contributed by atoms with E-state index in [1.54, 1.807) is 42.5 Å². The summed E-state index contributed by atoms with van der Waals surface area (Å²) in [6, 6.07) is 12.9. The Balaban J connectivity index is 1.66. The summed E-state index contributed by atoms with van der Waals surface area (Å²) in [6.45, 7) is 0.372. The van der Waals surface area contributed by atoms with Crippen LogP contribution in [0.1, 0.15) is 24.8 Å². The fourth-order valence-corrected chi connectivity index (χ4v) is 5.41. The number of halogens is 2. The van der Waals surface area contributed by atoms with E-state index >= 15 is 0 Å². The van der Waals surface area contributed by atoms with E-state index in [-0.39, 0.29) is 15.8 Å². The molecule has 2 aromatic carbocycles. The molecule has 9 heteroatoms. The van der Waals surface area contributed by atoms with Crippen LogP contribution < -0.4 is 0 Å². The summed E-state index contributed by atoms with van der Waals surface area (Å²) in [5.41, 5.74) is 0.743. The Morgan fingerprint density at radius 3 is 2.56 bits per heavy atom. The summed E-state index contributed by atoms with van der Waals surface area (Å²) in [5.74, 6) is 0.664. The summed E-state index contributed by atoms with van der Waals surface area (Å²) in [4.78, 5) is 4.49. The van der Waals surface area contributed by atoms with E-state index in [1.165, 1.54) is 10.4 Å². The van der Waals surface area contributed by atoms with Crippen LogP contribution in [0.3, 0.4) is 0 Å². The Morgan fingerprint density at radius 1 is 1.07 bits per heavy atom. The smallest absolute Gasteiger partial charge is 0.245 e. The van der Waals surface area contributed by atoms with Crippen LogP contribution in [0.4, 0.5) is 0 Å². The van der Waals surface area contributed by atoms with Gasteiger partial charge in [-0.05, 0) is 49.2 Å². The van der Waals surface area contributed by atoms with Gasteiger partial charge in [-0.15, -0.1) is 0 Å². The highest BCUT2D eigenvalue weighted by atomic mass is 35.5. The lowest BCUT2D eigenvalue weighted by atomic mass is 10.2. The average molecular weight is 424 g/mol. The van der Waals surface area contributed by atoms with E-state index in [1.807, 2.05) is 0 Å². The van der Waals surface area contributed by atoms with Crippen molar-refractivity contribution in [2.24, 2.45) is 0 Å². The standard InChI is InChI=1S/C18H15Cl2N3O3S/c19-13-9-7-12(8-10-13)17-21-18(26-22-17)15-5-3-11-23(15)27(24,25)16-6-2-1-4-14(16)20/h1-2,4,6-10,15H,3,5,11H2/t15-/m0/s1. The third-order valence-corrected chi connectivity index (χ3v) is 7.12. The van der Waals surface area contributed by atoms with Gasteiger partial charge in [0.1, 0.15) is 10.9 Å². The molecular weight excluding hydrogens is 409 g/mol. The Labute approximate surface area is 166 Å². The van der Waals surface area contributed by atoms with Crippen molar-refractivity contribution in [3.8, 4) is 11.4 Å². The number of sulfonamides is 1. The maximum absolute atomic E-state index is 13.1. The highest BCUT2D eigenvalue weighted by Gasteiger charge is 2.40. The Hall–Kier alpha value is -1.93. The first kappa shape index (κ1) is 18.4. The second-order valence-electron chi connectivity index (χ2n) is 6.17. The lowest BCUT2D eigenvalue weighted by Gasteiger charge is -2.21. The second kappa shape index (κ2) is 7.24. The minimum absolute atomic E-state index is 0.0796. The van der Waals surface area contributed by atoms with Gasteiger partial charge >= 0.3 is 0 Å². The minimum atomic E-state index is -3.77. The van der Waals surface area contributed by atoms with Crippen LogP contribution in [0.15, 0.2) is 57.9 Å². The van der Waals surface area contributed by atoms with Crippen LogP contribution in [0.5, 0.6) is 0 Å². The molecule has 4 rings (SSSR count). The van der Waals surface area contributed by atoms with Crippen LogP contribution >= 0.6 is 23.2 Å². The van der Waals surface area contributed by atoms with Gasteiger partial charge in [0.25, 0.3) is 0 Å². The van der Waals surface area contributed by atoms with Crippen LogP contribution in [0.25, 0.3) is 11.4 Å². The summed E-state index contributed by atoms with van der Waals surface area (Å²) >= 11 is 12.0. The van der Waals surface area contributed by atoms with Crippen molar-refractivity contribution in [3.63, 3.8) is 0 Å². The molecule has 0 aliphatic carbocycles. The highest BCUT2D eigenvalue weighted by Crippen LogP contribution is 2.38. The van der Waals surface area contributed by atoms with Crippen molar-refractivity contribution in [2.45, 2.75) is 23.8 Å². The van der Waals surface area contributed by atoms with E-state index in [4.69, 9.17) is 27.7 Å². The highest BCUT2D eigenvalue weighted by molar-refractivity contribution is 7.89. The van der Waals surface area contributed by atoms with Crippen LogP contribution in [-0.4, -0.2) is 29.4 Å². The maximum Gasteiger partial charge on any atom is 0.245 e. The molecule has 0 N–H and O–H groups in total. The molecule has 1 aliphatic heterocycles. The van der Waals surface area contributed by atoms with Crippen molar-refractivity contribution in [1.82, 2.24) is 14.4 Å². The van der Waals surface area contributed by atoms with E-state index in [0.717, 1.165) is 5.56 Å². The number of aromatic nitrogens is 2. The van der Waals surface area contributed by atoms with Gasteiger partial charge in [0.15, 0.2) is 0 Å². The Morgan fingerprint density at radius 2 is 1.81 bits per heavy atom. The number of hydrogen-bond donors (Lipinski definition) is 0. The van der Waals surface area contributed by atoms with Gasteiger partial charge in [-0.3, -0.25) is 0 Å². The number of hydrogen-bond acceptors (Lipinski definition) is 5. The summed E-state index contributed by atoms with van der Waals surface area (Å²) in [7, 11) is -3.77. The molecule has 27 heavy (non-hydrogen) atoms. The molecule has 1 fully saturated rings. The average Bonchev–Trinajstić information content (AvgIpc) is 3.32. The maximum atomic E-state index is 13.1. The zero-order valence-electron chi connectivity index (χ0n) is 14.0. The van der Waals surface area contributed by atoms with Crippen molar-refractivity contribution in [3.05, 3.63) is 64.5 Å². The topological polar surface area (TPSA) is 76.3 Å². The normalized spacial score (nSPS) is 18.1. The van der Waals surface area contributed by atoms with Gasteiger partial charge in [-0.1, -0.05) is 40.5 Å². The van der Waals surface area contributed by atoms with Crippen molar-refractivity contribution in [2.75, 3.05) is 6.54 Å². The summed E-state index contributed by atoms with van der Waals surface area (Å²) < 4.78 is 33.0. The molecule has 0 amide bonds. The molecule has 0 bridgehead atoms. The molecule has 1 aromatic heterocycles. The van der Waals surface area contributed by atoms with Gasteiger partial charge in [-0.2, -0.15) is 9.29 Å². The molecule has 0 spiro atoms. The molecule has 0 saturated carbocycles. The quantitative estimate of drug-likeness (QED) is 0.613. The number of benzene rings is 2. The van der Waals surface area contributed by atoms with Crippen LogP contribution in [0.2, 0.25) is 10.0 Å². The lowest BCUT2D eigenvalue weighted by molar-refractivity contribution is 0.290. The molecular formula is C18H15Cl2N3O3S. The molecule has 140 valence electrons. The van der Waals surface area contributed by atoms with Gasteiger partial charge in [0.2, 0.25) is 21.7 Å². The zero-order chi connectivity index (χ0) is 19.0. The van der Waals surface area contributed by atoms with E-state index in [2.05, 4.69) is 10.1 Å². The second-order valence-corrected chi connectivity index (χ2v) is 8.87. The first-order chi connectivity index (χ1) is 13.0. The van der Waals surface area contributed by atoms with Crippen molar-refractivity contribution < 1.29 is 12.9 Å². The van der Waals surface area contributed by atoms with Crippen molar-refractivity contribution in [1.29, 1.82) is 0 Å². The summed E-state index contributed by atoms with van der Waals surface area (Å²) in [6.07, 6.45) is 1.30. The third-order valence-electron chi connectivity index (χ3n) is 4.46. The zero-order valence-corrected chi connectivity index (χ0v) is 16.4. The van der Waals surface area contributed by atoms with Crippen molar-refractivity contribution >= 4 is 33.2 Å². The third kappa shape index (κ3) is 3.48. The molecule has 2 heterocycles. The molecule has 0 radical (unpaired) electrons. The molecule has 1 atom stereocenters.